The van der Waals surface area contributed by atoms with Crippen LogP contribution in [0.25, 0.3) is 0 Å². The predicted octanol–water partition coefficient (Wildman–Crippen LogP) is 5.48. The fraction of sp³-hybridized carbons (Fsp3) is 0.129. The first-order chi connectivity index (χ1) is 19.7. The SMILES string of the molecule is CN(Cc1ccc(C(=O)Nc2ccc(Br)cc2C(=O)N/N=C/c2cccc(F)c2)cc1)CC(O)c1ccc(O)cc1. The molecule has 0 spiro atoms. The molecule has 4 rings (SSSR count). The van der Waals surface area contributed by atoms with E-state index in [0.717, 1.165) is 5.56 Å². The first-order valence-electron chi connectivity index (χ1n) is 12.6. The van der Waals surface area contributed by atoms with Gasteiger partial charge in [-0.15, -0.1) is 0 Å². The minimum Gasteiger partial charge on any atom is -0.508 e. The molecule has 0 aliphatic carbocycles. The molecule has 0 saturated heterocycles. The zero-order chi connectivity index (χ0) is 29.4. The Bertz CT molecular complexity index is 1550. The lowest BCUT2D eigenvalue weighted by molar-refractivity contribution is 0.0956. The van der Waals surface area contributed by atoms with Crippen LogP contribution in [0.3, 0.4) is 0 Å². The number of nitrogens with one attached hydrogen (secondary N) is 2. The average Bonchev–Trinajstić information content (AvgIpc) is 2.94. The molecule has 0 heterocycles. The molecule has 41 heavy (non-hydrogen) atoms. The van der Waals surface area contributed by atoms with Gasteiger partial charge in [-0.05, 0) is 78.3 Å². The van der Waals surface area contributed by atoms with Crippen molar-refractivity contribution in [1.29, 1.82) is 0 Å². The highest BCUT2D eigenvalue weighted by atomic mass is 79.9. The lowest BCUT2D eigenvalue weighted by Gasteiger charge is -2.21. The van der Waals surface area contributed by atoms with Crippen LogP contribution in [0, 0.1) is 5.82 Å². The number of carbonyl (C=O) groups is 2. The van der Waals surface area contributed by atoms with Gasteiger partial charge in [-0.2, -0.15) is 5.10 Å². The predicted molar refractivity (Wildman–Crippen MR) is 159 cm³/mol. The van der Waals surface area contributed by atoms with Crippen molar-refractivity contribution in [3.05, 3.63) is 129 Å². The zero-order valence-electron chi connectivity index (χ0n) is 22.1. The van der Waals surface area contributed by atoms with Crippen molar-refractivity contribution in [2.45, 2.75) is 12.6 Å². The van der Waals surface area contributed by atoms with Gasteiger partial charge in [-0.1, -0.05) is 52.3 Å². The summed E-state index contributed by atoms with van der Waals surface area (Å²) in [5.41, 5.74) is 5.43. The third-order valence-corrected chi connectivity index (χ3v) is 6.63. The summed E-state index contributed by atoms with van der Waals surface area (Å²) in [4.78, 5) is 27.8. The maximum Gasteiger partial charge on any atom is 0.273 e. The van der Waals surface area contributed by atoms with Gasteiger partial charge in [0.1, 0.15) is 11.6 Å². The molecule has 8 nitrogen and oxygen atoms in total. The maximum absolute atomic E-state index is 13.4. The summed E-state index contributed by atoms with van der Waals surface area (Å²) in [5, 5.41) is 26.6. The highest BCUT2D eigenvalue weighted by Gasteiger charge is 2.16. The number of aromatic hydroxyl groups is 1. The van der Waals surface area contributed by atoms with Gasteiger partial charge in [0, 0.05) is 23.1 Å². The molecule has 0 saturated carbocycles. The van der Waals surface area contributed by atoms with Crippen LogP contribution >= 0.6 is 15.9 Å². The number of hydrogen-bond donors (Lipinski definition) is 4. The van der Waals surface area contributed by atoms with Crippen molar-refractivity contribution in [3.8, 4) is 5.75 Å². The highest BCUT2D eigenvalue weighted by molar-refractivity contribution is 9.10. The van der Waals surface area contributed by atoms with Crippen LogP contribution in [-0.4, -0.2) is 46.7 Å². The van der Waals surface area contributed by atoms with Crippen molar-refractivity contribution in [1.82, 2.24) is 10.3 Å². The number of nitrogens with zero attached hydrogens (tertiary/aromatic N) is 2. The van der Waals surface area contributed by atoms with Crippen LogP contribution < -0.4 is 10.7 Å². The van der Waals surface area contributed by atoms with Crippen LogP contribution in [0.2, 0.25) is 0 Å². The lowest BCUT2D eigenvalue weighted by atomic mass is 10.1. The smallest absolute Gasteiger partial charge is 0.273 e. The highest BCUT2D eigenvalue weighted by Crippen LogP contribution is 2.23. The molecule has 4 aromatic carbocycles. The fourth-order valence-electron chi connectivity index (χ4n) is 4.06. The summed E-state index contributed by atoms with van der Waals surface area (Å²) in [6.07, 6.45) is 0.611. The van der Waals surface area contributed by atoms with E-state index in [-0.39, 0.29) is 11.3 Å². The molecular weight excluding hydrogens is 591 g/mol. The topological polar surface area (TPSA) is 114 Å². The molecule has 1 atom stereocenters. The molecule has 2 amide bonds. The summed E-state index contributed by atoms with van der Waals surface area (Å²) in [6, 6.07) is 24.1. The van der Waals surface area contributed by atoms with Crippen molar-refractivity contribution in [3.63, 3.8) is 0 Å². The number of carbonyl (C=O) groups excluding carboxylic acids is 2. The molecule has 0 aliphatic rings. The number of aliphatic hydroxyl groups excluding tert-OH is 1. The second-order valence-electron chi connectivity index (χ2n) is 9.40. The number of amides is 2. The number of anilines is 1. The van der Waals surface area contributed by atoms with E-state index in [1.807, 2.05) is 24.1 Å². The van der Waals surface area contributed by atoms with E-state index < -0.39 is 23.7 Å². The average molecular weight is 619 g/mol. The fourth-order valence-corrected chi connectivity index (χ4v) is 4.42. The number of rotatable bonds is 10. The van der Waals surface area contributed by atoms with E-state index in [1.54, 1.807) is 48.5 Å². The number of aliphatic hydroxyl groups is 1. The quantitative estimate of drug-likeness (QED) is 0.139. The molecule has 0 bridgehead atoms. The van der Waals surface area contributed by atoms with Gasteiger partial charge < -0.3 is 15.5 Å². The number of halogens is 2. The van der Waals surface area contributed by atoms with Crippen LogP contribution in [-0.2, 0) is 6.54 Å². The zero-order valence-corrected chi connectivity index (χ0v) is 23.7. The van der Waals surface area contributed by atoms with Crippen molar-refractivity contribution < 1.29 is 24.2 Å². The van der Waals surface area contributed by atoms with Gasteiger partial charge in [0.2, 0.25) is 0 Å². The molecule has 0 aromatic heterocycles. The Balaban J connectivity index is 1.36. The van der Waals surface area contributed by atoms with Crippen molar-refractivity contribution >= 4 is 39.6 Å². The molecule has 0 aliphatic heterocycles. The molecule has 10 heteroatoms. The third-order valence-electron chi connectivity index (χ3n) is 6.13. The van der Waals surface area contributed by atoms with E-state index >= 15 is 0 Å². The standard InChI is InChI=1S/C31H28BrFN4O4/c1-37(19-29(39)22-9-12-26(38)13-10-22)18-20-5-7-23(8-6-20)30(40)35-28-14-11-24(32)16-27(28)31(41)36-34-17-21-3-2-4-25(33)15-21/h2-17,29,38-39H,18-19H2,1H3,(H,35,40)(H,36,41)/b34-17+. The van der Waals surface area contributed by atoms with E-state index in [4.69, 9.17) is 0 Å². The minimum absolute atomic E-state index is 0.143. The third kappa shape index (κ3) is 8.55. The molecule has 210 valence electrons. The Kier molecular flexibility index (Phi) is 9.96. The Morgan fingerprint density at radius 1 is 1.00 bits per heavy atom. The molecular formula is C31H28BrFN4O4. The van der Waals surface area contributed by atoms with Crippen LogP contribution in [0.15, 0.2) is 101 Å². The Hall–Kier alpha value is -4.38. The van der Waals surface area contributed by atoms with Gasteiger partial charge in [0.05, 0.1) is 23.6 Å². The monoisotopic (exact) mass is 618 g/mol. The van der Waals surface area contributed by atoms with Gasteiger partial charge in [0.25, 0.3) is 11.8 Å². The number of benzene rings is 4. The molecule has 0 radical (unpaired) electrons. The second-order valence-corrected chi connectivity index (χ2v) is 10.3. The van der Waals surface area contributed by atoms with E-state index in [9.17, 15) is 24.2 Å². The largest absolute Gasteiger partial charge is 0.508 e. The Morgan fingerprint density at radius 3 is 2.44 bits per heavy atom. The number of phenols is 1. The molecule has 1 unspecified atom stereocenters. The van der Waals surface area contributed by atoms with Crippen LogP contribution in [0.5, 0.6) is 5.75 Å². The summed E-state index contributed by atoms with van der Waals surface area (Å²) >= 11 is 3.34. The molecule has 4 aromatic rings. The van der Waals surface area contributed by atoms with Gasteiger partial charge in [-0.25, -0.2) is 9.82 Å². The lowest BCUT2D eigenvalue weighted by Crippen LogP contribution is -2.24. The van der Waals surface area contributed by atoms with Gasteiger partial charge >= 0.3 is 0 Å². The summed E-state index contributed by atoms with van der Waals surface area (Å²) < 4.78 is 14.0. The summed E-state index contributed by atoms with van der Waals surface area (Å²) in [7, 11) is 1.88. The Morgan fingerprint density at radius 2 is 1.73 bits per heavy atom. The second kappa shape index (κ2) is 13.8. The summed E-state index contributed by atoms with van der Waals surface area (Å²) in [6.45, 7) is 0.928. The number of hydrazone groups is 1. The van der Waals surface area contributed by atoms with E-state index in [1.165, 1.54) is 36.5 Å². The van der Waals surface area contributed by atoms with Crippen molar-refractivity contribution in [2.24, 2.45) is 5.10 Å². The van der Waals surface area contributed by atoms with Crippen LogP contribution in [0.4, 0.5) is 10.1 Å². The van der Waals surface area contributed by atoms with E-state index in [0.29, 0.717) is 39.9 Å². The molecule has 0 fully saturated rings. The minimum atomic E-state index is -0.713. The van der Waals surface area contributed by atoms with E-state index in [2.05, 4.69) is 31.8 Å². The normalized spacial score (nSPS) is 11.9. The van der Waals surface area contributed by atoms with Gasteiger partial charge in [0.15, 0.2) is 0 Å². The van der Waals surface area contributed by atoms with Crippen molar-refractivity contribution in [2.75, 3.05) is 18.9 Å². The van der Waals surface area contributed by atoms with Crippen LogP contribution in [0.1, 0.15) is 43.5 Å². The first kappa shape index (κ1) is 29.6. The maximum atomic E-state index is 13.4. The molecule has 4 N–H and O–H groups in total. The first-order valence-corrected chi connectivity index (χ1v) is 13.4. The summed E-state index contributed by atoms with van der Waals surface area (Å²) in [5.74, 6) is -1.22. The Labute approximate surface area is 245 Å². The number of likely N-dealkylation sites (N-methyl/N-ethyl adjacent to an activating group) is 1. The number of phenolic OH excluding ortho intramolecular Hbond substituents is 1. The van der Waals surface area contributed by atoms with Gasteiger partial charge in [-0.3, -0.25) is 14.5 Å². The number of hydrogen-bond acceptors (Lipinski definition) is 6.